The van der Waals surface area contributed by atoms with Crippen molar-refractivity contribution in [2.24, 2.45) is 0 Å². The number of nitrogens with zero attached hydrogens (tertiary/aromatic N) is 3. The molecule has 0 amide bonds. The van der Waals surface area contributed by atoms with E-state index in [0.717, 1.165) is 19.4 Å². The summed E-state index contributed by atoms with van der Waals surface area (Å²) in [4.78, 5) is 21.0. The number of aromatic carboxylic acids is 1. The maximum Gasteiger partial charge on any atom is 0.338 e. The summed E-state index contributed by atoms with van der Waals surface area (Å²) in [6, 6.07) is 0.435. The van der Waals surface area contributed by atoms with Gasteiger partial charge in [-0.1, -0.05) is 0 Å². The minimum absolute atomic E-state index is 0.133. The molecule has 1 aromatic rings. The van der Waals surface area contributed by atoms with Gasteiger partial charge in [-0.15, -0.1) is 0 Å². The molecule has 1 atom stereocenters. The Balaban J connectivity index is 2.17. The van der Waals surface area contributed by atoms with Crippen LogP contribution >= 0.6 is 0 Å². The summed E-state index contributed by atoms with van der Waals surface area (Å²) in [5.41, 5.74) is 0.133. The highest BCUT2D eigenvalue weighted by Gasteiger charge is 2.20. The van der Waals surface area contributed by atoms with Crippen molar-refractivity contribution in [2.75, 3.05) is 11.4 Å². The van der Waals surface area contributed by atoms with Gasteiger partial charge in [-0.3, -0.25) is 0 Å². The Hall–Kier alpha value is -1.65. The molecule has 16 heavy (non-hydrogen) atoms. The first kappa shape index (κ1) is 10.9. The van der Waals surface area contributed by atoms with Gasteiger partial charge in [0, 0.05) is 25.0 Å². The van der Waals surface area contributed by atoms with E-state index in [4.69, 9.17) is 5.11 Å². The molecule has 2 rings (SSSR count). The molecule has 0 saturated carbocycles. The summed E-state index contributed by atoms with van der Waals surface area (Å²) in [7, 11) is 0. The molecule has 2 heterocycles. The van der Waals surface area contributed by atoms with Gasteiger partial charge in [0.05, 0.1) is 5.56 Å². The van der Waals surface area contributed by atoms with E-state index < -0.39 is 5.97 Å². The van der Waals surface area contributed by atoms with Gasteiger partial charge in [-0.05, 0) is 26.2 Å². The van der Waals surface area contributed by atoms with E-state index in [1.807, 2.05) is 0 Å². The number of carboxylic acid groups (broad SMARTS) is 1. The molecule has 1 aliphatic rings. The lowest BCUT2D eigenvalue weighted by atomic mass is 10.0. The number of aromatic nitrogens is 2. The molecular weight excluding hydrogens is 206 g/mol. The number of hydrogen-bond donors (Lipinski definition) is 1. The molecule has 1 N–H and O–H groups in total. The van der Waals surface area contributed by atoms with Crippen LogP contribution in [0.15, 0.2) is 12.4 Å². The summed E-state index contributed by atoms with van der Waals surface area (Å²) in [5, 5.41) is 8.74. The molecule has 1 aliphatic heterocycles. The van der Waals surface area contributed by atoms with E-state index in [2.05, 4.69) is 21.8 Å². The Labute approximate surface area is 94.1 Å². The fourth-order valence-corrected chi connectivity index (χ4v) is 1.98. The Morgan fingerprint density at radius 2 is 2.12 bits per heavy atom. The number of rotatable bonds is 2. The van der Waals surface area contributed by atoms with E-state index in [1.54, 1.807) is 0 Å². The second-order valence-electron chi connectivity index (χ2n) is 4.12. The van der Waals surface area contributed by atoms with Crippen molar-refractivity contribution in [3.8, 4) is 0 Å². The average molecular weight is 221 g/mol. The molecule has 0 radical (unpaired) electrons. The predicted molar refractivity (Wildman–Crippen MR) is 59.7 cm³/mol. The lowest BCUT2D eigenvalue weighted by Crippen LogP contribution is -2.38. The molecule has 0 aliphatic carbocycles. The maximum atomic E-state index is 10.7. The van der Waals surface area contributed by atoms with Crippen LogP contribution in [0.2, 0.25) is 0 Å². The summed E-state index contributed by atoms with van der Waals surface area (Å²) in [6.45, 7) is 3.10. The minimum atomic E-state index is -0.988. The van der Waals surface area contributed by atoms with Gasteiger partial charge < -0.3 is 10.0 Å². The van der Waals surface area contributed by atoms with Gasteiger partial charge >= 0.3 is 5.97 Å². The Morgan fingerprint density at radius 1 is 1.44 bits per heavy atom. The first-order valence-electron chi connectivity index (χ1n) is 5.50. The van der Waals surface area contributed by atoms with Crippen LogP contribution in [-0.2, 0) is 0 Å². The van der Waals surface area contributed by atoms with E-state index in [9.17, 15) is 4.79 Å². The number of carboxylic acids is 1. The highest BCUT2D eigenvalue weighted by molar-refractivity contribution is 5.86. The number of anilines is 1. The molecule has 0 aromatic carbocycles. The second kappa shape index (κ2) is 4.47. The zero-order chi connectivity index (χ0) is 11.5. The van der Waals surface area contributed by atoms with Crippen molar-refractivity contribution in [3.05, 3.63) is 18.0 Å². The fraction of sp³-hybridized carbons (Fsp3) is 0.545. The largest absolute Gasteiger partial charge is 0.478 e. The van der Waals surface area contributed by atoms with Gasteiger partial charge in [0.15, 0.2) is 0 Å². The lowest BCUT2D eigenvalue weighted by Gasteiger charge is -2.33. The Morgan fingerprint density at radius 3 is 2.69 bits per heavy atom. The summed E-state index contributed by atoms with van der Waals surface area (Å²) < 4.78 is 0. The average Bonchev–Trinajstić information content (AvgIpc) is 2.30. The molecular formula is C11H15N3O2. The van der Waals surface area contributed by atoms with Gasteiger partial charge in [-0.2, -0.15) is 0 Å². The molecule has 0 unspecified atom stereocenters. The van der Waals surface area contributed by atoms with Crippen LogP contribution in [0.5, 0.6) is 0 Å². The van der Waals surface area contributed by atoms with Crippen LogP contribution in [0.3, 0.4) is 0 Å². The molecule has 0 bridgehead atoms. The first-order chi connectivity index (χ1) is 7.68. The summed E-state index contributed by atoms with van der Waals surface area (Å²) >= 11 is 0. The van der Waals surface area contributed by atoms with Crippen LogP contribution < -0.4 is 4.90 Å². The molecule has 0 spiro atoms. The molecule has 86 valence electrons. The highest BCUT2D eigenvalue weighted by Crippen LogP contribution is 2.20. The van der Waals surface area contributed by atoms with Crippen LogP contribution in [0, 0.1) is 0 Å². The zero-order valence-electron chi connectivity index (χ0n) is 9.26. The van der Waals surface area contributed by atoms with Crippen molar-refractivity contribution in [1.29, 1.82) is 0 Å². The van der Waals surface area contributed by atoms with E-state index in [1.165, 1.54) is 18.8 Å². The molecule has 1 saturated heterocycles. The van der Waals surface area contributed by atoms with Gasteiger partial charge in [-0.25, -0.2) is 14.8 Å². The minimum Gasteiger partial charge on any atom is -0.478 e. The lowest BCUT2D eigenvalue weighted by molar-refractivity contribution is 0.0696. The zero-order valence-corrected chi connectivity index (χ0v) is 9.26. The van der Waals surface area contributed by atoms with Gasteiger partial charge in [0.1, 0.15) is 0 Å². The normalized spacial score (nSPS) is 20.8. The summed E-state index contributed by atoms with van der Waals surface area (Å²) in [5.74, 6) is -0.351. The third-order valence-corrected chi connectivity index (χ3v) is 2.95. The maximum absolute atomic E-state index is 10.7. The van der Waals surface area contributed by atoms with E-state index in [-0.39, 0.29) is 5.56 Å². The first-order valence-corrected chi connectivity index (χ1v) is 5.50. The van der Waals surface area contributed by atoms with Crippen LogP contribution in [-0.4, -0.2) is 33.6 Å². The smallest absolute Gasteiger partial charge is 0.338 e. The van der Waals surface area contributed by atoms with Gasteiger partial charge in [0.2, 0.25) is 5.95 Å². The Bertz CT molecular complexity index is 377. The molecule has 1 aromatic heterocycles. The molecule has 1 fully saturated rings. The second-order valence-corrected chi connectivity index (χ2v) is 4.12. The molecule has 5 heteroatoms. The highest BCUT2D eigenvalue weighted by atomic mass is 16.4. The predicted octanol–water partition coefficient (Wildman–Crippen LogP) is 1.55. The quantitative estimate of drug-likeness (QED) is 0.820. The van der Waals surface area contributed by atoms with Crippen molar-refractivity contribution >= 4 is 11.9 Å². The van der Waals surface area contributed by atoms with Crippen molar-refractivity contribution in [2.45, 2.75) is 32.2 Å². The number of carbonyl (C=O) groups is 1. The number of hydrogen-bond acceptors (Lipinski definition) is 4. The Kier molecular flexibility index (Phi) is 3.03. The van der Waals surface area contributed by atoms with Crippen LogP contribution in [0.25, 0.3) is 0 Å². The van der Waals surface area contributed by atoms with Crippen LogP contribution in [0.1, 0.15) is 36.5 Å². The standard InChI is InChI=1S/C11H15N3O2/c1-8-4-2-3-5-14(8)11-12-6-9(7-13-11)10(15)16/h6-8H,2-5H2,1H3,(H,15,16)/t8-/m1/s1. The topological polar surface area (TPSA) is 66.3 Å². The van der Waals surface area contributed by atoms with Crippen LogP contribution in [0.4, 0.5) is 5.95 Å². The third kappa shape index (κ3) is 2.13. The van der Waals surface area contributed by atoms with E-state index in [0.29, 0.717) is 12.0 Å². The van der Waals surface area contributed by atoms with Crippen molar-refractivity contribution in [1.82, 2.24) is 9.97 Å². The van der Waals surface area contributed by atoms with Crippen molar-refractivity contribution < 1.29 is 9.90 Å². The number of piperidine rings is 1. The van der Waals surface area contributed by atoms with Gasteiger partial charge in [0.25, 0.3) is 0 Å². The SMILES string of the molecule is C[C@@H]1CCCCN1c1ncc(C(=O)O)cn1. The van der Waals surface area contributed by atoms with E-state index >= 15 is 0 Å². The molecule has 5 nitrogen and oxygen atoms in total. The fourth-order valence-electron chi connectivity index (χ4n) is 1.98. The van der Waals surface area contributed by atoms with Crippen molar-refractivity contribution in [3.63, 3.8) is 0 Å². The monoisotopic (exact) mass is 221 g/mol. The third-order valence-electron chi connectivity index (χ3n) is 2.95. The summed E-state index contributed by atoms with van der Waals surface area (Å²) in [6.07, 6.45) is 6.27.